The first-order valence-corrected chi connectivity index (χ1v) is 10.5. The Morgan fingerprint density at radius 2 is 1.65 bits per heavy atom. The molecule has 0 saturated heterocycles. The summed E-state index contributed by atoms with van der Waals surface area (Å²) < 4.78 is 25.4. The first-order valence-electron chi connectivity index (χ1n) is 8.70. The van der Waals surface area contributed by atoms with E-state index in [1.54, 1.807) is 12.1 Å². The Bertz CT molecular complexity index is 803. The lowest BCUT2D eigenvalue weighted by molar-refractivity contribution is 0.0951. The molecule has 6 heteroatoms. The van der Waals surface area contributed by atoms with E-state index in [9.17, 15) is 13.2 Å². The molecule has 0 bridgehead atoms. The van der Waals surface area contributed by atoms with E-state index < -0.39 is 10.0 Å². The summed E-state index contributed by atoms with van der Waals surface area (Å²) in [5.41, 5.74) is 2.85. The van der Waals surface area contributed by atoms with E-state index in [0.29, 0.717) is 12.1 Å². The summed E-state index contributed by atoms with van der Waals surface area (Å²) >= 11 is 0. The first kappa shape index (κ1) is 20.1. The standard InChI is InChI=1S/C20H26N2O3S/c1-17-10-12-19(13-11-17)20(23)21-14-16-22(26(2,24)25)15-6-9-18-7-4-3-5-8-18/h3-5,7-8,10-13H,6,9,14-16H2,1-2H3,(H,21,23). The van der Waals surface area contributed by atoms with Gasteiger partial charge in [-0.25, -0.2) is 12.7 Å². The van der Waals surface area contributed by atoms with Crippen LogP contribution in [0.4, 0.5) is 0 Å². The van der Waals surface area contributed by atoms with Gasteiger partial charge in [-0.2, -0.15) is 0 Å². The second-order valence-electron chi connectivity index (χ2n) is 6.37. The summed E-state index contributed by atoms with van der Waals surface area (Å²) in [6.45, 7) is 2.95. The predicted octanol–water partition coefficient (Wildman–Crippen LogP) is 2.62. The van der Waals surface area contributed by atoms with Crippen molar-refractivity contribution in [3.63, 3.8) is 0 Å². The summed E-state index contributed by atoms with van der Waals surface area (Å²) in [6, 6.07) is 17.3. The largest absolute Gasteiger partial charge is 0.351 e. The Kier molecular flexibility index (Phi) is 7.36. The minimum atomic E-state index is -3.31. The lowest BCUT2D eigenvalue weighted by Gasteiger charge is -2.20. The molecule has 2 aromatic carbocycles. The van der Waals surface area contributed by atoms with E-state index in [-0.39, 0.29) is 19.0 Å². The van der Waals surface area contributed by atoms with Crippen LogP contribution in [0.15, 0.2) is 54.6 Å². The third-order valence-corrected chi connectivity index (χ3v) is 5.45. The van der Waals surface area contributed by atoms with Gasteiger partial charge in [-0.15, -0.1) is 0 Å². The molecule has 0 saturated carbocycles. The highest BCUT2D eigenvalue weighted by molar-refractivity contribution is 7.88. The zero-order valence-corrected chi connectivity index (χ0v) is 16.1. The Labute approximate surface area is 156 Å². The van der Waals surface area contributed by atoms with Crippen LogP contribution >= 0.6 is 0 Å². The number of rotatable bonds is 9. The van der Waals surface area contributed by atoms with Gasteiger partial charge in [0.15, 0.2) is 0 Å². The molecule has 5 nitrogen and oxygen atoms in total. The van der Waals surface area contributed by atoms with E-state index in [1.165, 1.54) is 16.1 Å². The zero-order chi connectivity index (χ0) is 19.0. The summed E-state index contributed by atoms with van der Waals surface area (Å²) in [6.07, 6.45) is 2.77. The second-order valence-corrected chi connectivity index (χ2v) is 8.36. The average molecular weight is 375 g/mol. The molecule has 2 rings (SSSR count). The van der Waals surface area contributed by atoms with Crippen molar-refractivity contribution in [2.45, 2.75) is 19.8 Å². The van der Waals surface area contributed by atoms with Crippen LogP contribution in [0.25, 0.3) is 0 Å². The molecule has 0 spiro atoms. The monoisotopic (exact) mass is 374 g/mol. The van der Waals surface area contributed by atoms with Gasteiger partial charge >= 0.3 is 0 Å². The van der Waals surface area contributed by atoms with E-state index in [1.807, 2.05) is 49.4 Å². The fourth-order valence-electron chi connectivity index (χ4n) is 2.65. The maximum Gasteiger partial charge on any atom is 0.251 e. The fraction of sp³-hybridized carbons (Fsp3) is 0.350. The van der Waals surface area contributed by atoms with Crippen LogP contribution in [-0.4, -0.2) is 44.5 Å². The first-order chi connectivity index (χ1) is 12.4. The Balaban J connectivity index is 1.82. The smallest absolute Gasteiger partial charge is 0.251 e. The molecule has 2 aromatic rings. The number of sulfonamides is 1. The molecule has 0 aliphatic rings. The van der Waals surface area contributed by atoms with Gasteiger partial charge < -0.3 is 5.32 Å². The summed E-state index contributed by atoms with van der Waals surface area (Å²) in [5, 5.41) is 2.78. The van der Waals surface area contributed by atoms with Crippen LogP contribution in [0.5, 0.6) is 0 Å². The lowest BCUT2D eigenvalue weighted by atomic mass is 10.1. The SMILES string of the molecule is Cc1ccc(C(=O)NCCN(CCCc2ccccc2)S(C)(=O)=O)cc1. The number of hydrogen-bond acceptors (Lipinski definition) is 3. The van der Waals surface area contributed by atoms with Crippen LogP contribution in [0.2, 0.25) is 0 Å². The van der Waals surface area contributed by atoms with Gasteiger partial charge in [-0.1, -0.05) is 48.0 Å². The van der Waals surface area contributed by atoms with Gasteiger partial charge in [0.2, 0.25) is 10.0 Å². The van der Waals surface area contributed by atoms with Crippen molar-refractivity contribution >= 4 is 15.9 Å². The highest BCUT2D eigenvalue weighted by Gasteiger charge is 2.16. The maximum atomic E-state index is 12.1. The minimum Gasteiger partial charge on any atom is -0.351 e. The lowest BCUT2D eigenvalue weighted by Crippen LogP contribution is -2.38. The van der Waals surface area contributed by atoms with Crippen LogP contribution < -0.4 is 5.32 Å². The molecule has 0 atom stereocenters. The molecule has 140 valence electrons. The highest BCUT2D eigenvalue weighted by Crippen LogP contribution is 2.06. The van der Waals surface area contributed by atoms with E-state index in [0.717, 1.165) is 18.4 Å². The topological polar surface area (TPSA) is 66.5 Å². The van der Waals surface area contributed by atoms with Gasteiger partial charge in [-0.05, 0) is 37.5 Å². The molecule has 1 amide bonds. The Hall–Kier alpha value is -2.18. The quantitative estimate of drug-likeness (QED) is 0.734. The molecule has 0 aliphatic heterocycles. The second kappa shape index (κ2) is 9.50. The van der Waals surface area contributed by atoms with Crippen molar-refractivity contribution in [2.24, 2.45) is 0 Å². The van der Waals surface area contributed by atoms with E-state index in [4.69, 9.17) is 0 Å². The molecular weight excluding hydrogens is 348 g/mol. The van der Waals surface area contributed by atoms with Crippen LogP contribution in [-0.2, 0) is 16.4 Å². The van der Waals surface area contributed by atoms with Gasteiger partial charge in [0, 0.05) is 25.2 Å². The molecule has 26 heavy (non-hydrogen) atoms. The average Bonchev–Trinajstić information content (AvgIpc) is 2.61. The van der Waals surface area contributed by atoms with E-state index >= 15 is 0 Å². The van der Waals surface area contributed by atoms with Crippen molar-refractivity contribution in [2.75, 3.05) is 25.9 Å². The van der Waals surface area contributed by atoms with Crippen LogP contribution in [0.1, 0.15) is 27.9 Å². The molecule has 0 aliphatic carbocycles. The number of amides is 1. The number of hydrogen-bond donors (Lipinski definition) is 1. The number of nitrogens with one attached hydrogen (secondary N) is 1. The van der Waals surface area contributed by atoms with Gasteiger partial charge in [0.05, 0.1) is 6.26 Å². The Morgan fingerprint density at radius 1 is 1.00 bits per heavy atom. The molecule has 0 unspecified atom stereocenters. The van der Waals surface area contributed by atoms with Crippen LogP contribution in [0.3, 0.4) is 0 Å². The van der Waals surface area contributed by atoms with Crippen molar-refractivity contribution in [3.8, 4) is 0 Å². The zero-order valence-electron chi connectivity index (χ0n) is 15.3. The Morgan fingerprint density at radius 3 is 2.27 bits per heavy atom. The third-order valence-electron chi connectivity index (χ3n) is 4.15. The third kappa shape index (κ3) is 6.61. The molecule has 0 aromatic heterocycles. The molecule has 0 radical (unpaired) electrons. The number of nitrogens with zero attached hydrogens (tertiary/aromatic N) is 1. The maximum absolute atomic E-state index is 12.1. The van der Waals surface area contributed by atoms with Gasteiger partial charge in [0.1, 0.15) is 0 Å². The molecule has 0 heterocycles. The fourth-order valence-corrected chi connectivity index (χ4v) is 3.53. The number of carbonyl (C=O) groups excluding carboxylic acids is 1. The number of aryl methyl sites for hydroxylation is 2. The predicted molar refractivity (Wildman–Crippen MR) is 105 cm³/mol. The van der Waals surface area contributed by atoms with Crippen LogP contribution in [0, 0.1) is 6.92 Å². The van der Waals surface area contributed by atoms with Gasteiger partial charge in [0.25, 0.3) is 5.91 Å². The van der Waals surface area contributed by atoms with Crippen molar-refractivity contribution in [1.82, 2.24) is 9.62 Å². The molecule has 0 fully saturated rings. The van der Waals surface area contributed by atoms with E-state index in [2.05, 4.69) is 5.32 Å². The van der Waals surface area contributed by atoms with Crippen molar-refractivity contribution in [3.05, 3.63) is 71.3 Å². The number of carbonyl (C=O) groups is 1. The number of benzene rings is 2. The highest BCUT2D eigenvalue weighted by atomic mass is 32.2. The van der Waals surface area contributed by atoms with Crippen molar-refractivity contribution in [1.29, 1.82) is 0 Å². The normalized spacial score (nSPS) is 11.5. The molecular formula is C20H26N2O3S. The van der Waals surface area contributed by atoms with Crippen molar-refractivity contribution < 1.29 is 13.2 Å². The summed E-state index contributed by atoms with van der Waals surface area (Å²) in [7, 11) is -3.31. The van der Waals surface area contributed by atoms with Gasteiger partial charge in [-0.3, -0.25) is 4.79 Å². The summed E-state index contributed by atoms with van der Waals surface area (Å²) in [5.74, 6) is -0.192. The molecule has 1 N–H and O–H groups in total. The summed E-state index contributed by atoms with van der Waals surface area (Å²) in [4.78, 5) is 12.1. The minimum absolute atomic E-state index is 0.192.